The van der Waals surface area contributed by atoms with Crippen molar-refractivity contribution >= 4 is 37.6 Å². The molecule has 53 heavy (non-hydrogen) atoms. The maximum absolute atomic E-state index is 15.9. The Labute approximate surface area is 318 Å². The molecule has 3 aliphatic heterocycles. The van der Waals surface area contributed by atoms with Crippen LogP contribution < -0.4 is 9.64 Å². The maximum atomic E-state index is 15.9. The molecule has 0 bridgehead atoms. The second kappa shape index (κ2) is 15.9. The van der Waals surface area contributed by atoms with Gasteiger partial charge in [-0.3, -0.25) is 9.88 Å². The van der Waals surface area contributed by atoms with Gasteiger partial charge in [-0.25, -0.2) is 12.8 Å². The van der Waals surface area contributed by atoms with Crippen molar-refractivity contribution in [1.29, 1.82) is 0 Å². The predicted octanol–water partition coefficient (Wildman–Crippen LogP) is 6.75. The fraction of sp³-hybridized carbons (Fsp3) is 0.625. The molecule has 0 saturated carbocycles. The minimum atomic E-state index is -4.61. The summed E-state index contributed by atoms with van der Waals surface area (Å²) in [6.45, 7) is 20.8. The Bertz CT molecular complexity index is 1860. The van der Waals surface area contributed by atoms with E-state index in [0.29, 0.717) is 53.1 Å². The molecule has 13 heteroatoms. The van der Waals surface area contributed by atoms with Crippen molar-refractivity contribution < 1.29 is 26.5 Å². The van der Waals surface area contributed by atoms with E-state index in [0.717, 1.165) is 77.6 Å². The van der Waals surface area contributed by atoms with Gasteiger partial charge >= 0.3 is 0 Å². The number of anilines is 1. The molecule has 3 saturated heterocycles. The van der Waals surface area contributed by atoms with Crippen molar-refractivity contribution in [2.24, 2.45) is 5.41 Å². The first-order valence-electron chi connectivity index (χ1n) is 19.1. The molecule has 1 unspecified atom stereocenters. The Morgan fingerprint density at radius 2 is 1.45 bits per heavy atom. The predicted molar refractivity (Wildman–Crippen MR) is 208 cm³/mol. The number of hydrogen-bond donors (Lipinski definition) is 0. The first-order valence-corrected chi connectivity index (χ1v) is 22.2. The van der Waals surface area contributed by atoms with Crippen molar-refractivity contribution in [3.05, 3.63) is 48.2 Å². The van der Waals surface area contributed by atoms with Crippen LogP contribution in [0.4, 0.5) is 14.5 Å². The number of benzene rings is 2. The highest BCUT2D eigenvalue weighted by Gasteiger charge is 2.36. The number of likely N-dealkylation sites (N-methyl/N-ethyl adjacent to an activating group) is 1. The van der Waals surface area contributed by atoms with Crippen LogP contribution in [0.1, 0.15) is 73.6 Å². The minimum Gasteiger partial charge on any atom is -0.612 e. The first-order chi connectivity index (χ1) is 25.0. The number of halogens is 2. The highest BCUT2D eigenvalue weighted by Crippen LogP contribution is 2.41. The standard InChI is InChI=1S/C40H57F2N5O4S2/c1-8-44-21-23-46(24-22-44)29-13-17-45(18-14-29)28-15-19-47(20-16-28)38-31-25-30(52(7)48)9-10-32(31)43-26-35(38)53(49,50)34-12-11-33(36(41)37(34)42)51-40(5,6)27-39(2,3)4/h9-12,25-26,28-29H,8,13-24,27H2,1-7H3. The van der Waals surface area contributed by atoms with E-state index < -0.39 is 43.1 Å². The number of fused-ring (bicyclic) bond motifs is 1. The Hall–Kier alpha value is -2.55. The van der Waals surface area contributed by atoms with E-state index in [1.54, 1.807) is 38.3 Å². The number of hydrogen-bond acceptors (Lipinski definition) is 9. The Morgan fingerprint density at radius 1 is 0.849 bits per heavy atom. The van der Waals surface area contributed by atoms with Crippen molar-refractivity contribution in [2.45, 2.75) is 106 Å². The smallest absolute Gasteiger partial charge is 0.213 e. The monoisotopic (exact) mass is 773 g/mol. The molecule has 0 spiro atoms. The molecule has 1 atom stereocenters. The molecule has 0 radical (unpaired) electrons. The minimum absolute atomic E-state index is 0.138. The van der Waals surface area contributed by atoms with E-state index >= 15 is 8.78 Å². The fourth-order valence-corrected chi connectivity index (χ4v) is 10.9. The van der Waals surface area contributed by atoms with Gasteiger partial charge in [-0.05, 0) is 106 Å². The summed E-state index contributed by atoms with van der Waals surface area (Å²) < 4.78 is 79.0. The van der Waals surface area contributed by atoms with Crippen LogP contribution in [0, 0.1) is 17.0 Å². The lowest BCUT2D eigenvalue weighted by Gasteiger charge is -2.46. The highest BCUT2D eigenvalue weighted by atomic mass is 32.2. The number of piperazine rings is 1. The van der Waals surface area contributed by atoms with Crippen molar-refractivity contribution in [2.75, 3.05) is 70.1 Å². The summed E-state index contributed by atoms with van der Waals surface area (Å²) in [7, 11) is -4.61. The summed E-state index contributed by atoms with van der Waals surface area (Å²) >= 11 is -1.33. The molecule has 3 aromatic rings. The quantitative estimate of drug-likeness (QED) is 0.208. The molecule has 1 aromatic heterocycles. The Kier molecular flexibility index (Phi) is 12.0. The van der Waals surface area contributed by atoms with E-state index in [9.17, 15) is 13.0 Å². The Morgan fingerprint density at radius 3 is 2.04 bits per heavy atom. The molecule has 3 fully saturated rings. The molecule has 3 aliphatic rings. The van der Waals surface area contributed by atoms with Gasteiger partial charge < -0.3 is 24.0 Å². The van der Waals surface area contributed by atoms with Crippen molar-refractivity contribution in [3.63, 3.8) is 0 Å². The van der Waals surface area contributed by atoms with Crippen LogP contribution in [0.2, 0.25) is 0 Å². The van der Waals surface area contributed by atoms with Gasteiger partial charge in [0.1, 0.15) is 21.6 Å². The van der Waals surface area contributed by atoms with Gasteiger partial charge in [0.25, 0.3) is 0 Å². The van der Waals surface area contributed by atoms with Crippen molar-refractivity contribution in [1.82, 2.24) is 19.7 Å². The maximum Gasteiger partial charge on any atom is 0.213 e. The van der Waals surface area contributed by atoms with Gasteiger partial charge in [-0.15, -0.1) is 0 Å². The summed E-state index contributed by atoms with van der Waals surface area (Å²) in [4.78, 5) is 13.8. The number of sulfone groups is 1. The number of pyridine rings is 1. The number of ether oxygens (including phenoxy) is 1. The average molecular weight is 774 g/mol. The first kappa shape index (κ1) is 40.1. The zero-order valence-electron chi connectivity index (χ0n) is 32.5. The lowest BCUT2D eigenvalue weighted by atomic mass is 9.83. The average Bonchev–Trinajstić information content (AvgIpc) is 3.12. The molecule has 0 amide bonds. The number of piperidine rings is 2. The second-order valence-corrected chi connectivity index (χ2v) is 20.1. The van der Waals surface area contributed by atoms with Gasteiger partial charge in [0.2, 0.25) is 15.7 Å². The normalized spacial score (nSPS) is 20.3. The third-order valence-electron chi connectivity index (χ3n) is 11.2. The zero-order chi connectivity index (χ0) is 38.3. The number of nitrogens with zero attached hydrogens (tertiary/aromatic N) is 5. The molecule has 9 nitrogen and oxygen atoms in total. The topological polar surface area (TPSA) is 92.3 Å². The highest BCUT2D eigenvalue weighted by molar-refractivity contribution is 7.91. The van der Waals surface area contributed by atoms with Crippen LogP contribution in [0.15, 0.2) is 51.2 Å². The lowest BCUT2D eigenvalue weighted by molar-refractivity contribution is 0.0449. The third kappa shape index (κ3) is 8.96. The fourth-order valence-electron chi connectivity index (χ4n) is 8.89. The summed E-state index contributed by atoms with van der Waals surface area (Å²) in [6.07, 6.45) is 7.36. The molecular formula is C40H57F2N5O4S2. The van der Waals surface area contributed by atoms with Gasteiger partial charge in [0.05, 0.1) is 11.2 Å². The van der Waals surface area contributed by atoms with Crippen LogP contribution in [0.25, 0.3) is 10.9 Å². The second-order valence-electron chi connectivity index (χ2n) is 16.9. The SMILES string of the molecule is CCN1CCN(C2CCN(C3CCN(c4c(S(=O)(=O)c5ccc(OC(C)(C)CC(C)(C)C)c(F)c5F)cnc5ccc([S+](C)[O-])cc45)CC3)CC2)CC1. The molecule has 4 heterocycles. The molecule has 0 aliphatic carbocycles. The van der Waals surface area contributed by atoms with Gasteiger partial charge in [-0.1, -0.05) is 27.7 Å². The van der Waals surface area contributed by atoms with E-state index in [1.807, 2.05) is 25.7 Å². The summed E-state index contributed by atoms with van der Waals surface area (Å²) in [5.41, 5.74) is -0.0445. The van der Waals surface area contributed by atoms with E-state index in [1.165, 1.54) is 12.3 Å². The number of likely N-dealkylation sites (tertiary alicyclic amines) is 1. The van der Waals surface area contributed by atoms with Gasteiger partial charge in [-0.2, -0.15) is 4.39 Å². The molecule has 0 N–H and O–H groups in total. The van der Waals surface area contributed by atoms with Crippen molar-refractivity contribution in [3.8, 4) is 5.75 Å². The van der Waals surface area contributed by atoms with E-state index in [4.69, 9.17) is 4.74 Å². The largest absolute Gasteiger partial charge is 0.612 e. The van der Waals surface area contributed by atoms with Gasteiger partial charge in [0, 0.05) is 69.0 Å². The number of aromatic nitrogens is 1. The molecule has 2 aromatic carbocycles. The molecule has 292 valence electrons. The zero-order valence-corrected chi connectivity index (χ0v) is 34.1. The van der Waals surface area contributed by atoms with Gasteiger partial charge in [0.15, 0.2) is 16.5 Å². The summed E-state index contributed by atoms with van der Waals surface area (Å²) in [5, 5.41) is 0.519. The van der Waals surface area contributed by atoms with E-state index in [-0.39, 0.29) is 16.1 Å². The molecular weight excluding hydrogens is 717 g/mol. The van der Waals surface area contributed by atoms with Crippen LogP contribution in [0.5, 0.6) is 5.75 Å². The third-order valence-corrected chi connectivity index (χ3v) is 13.9. The van der Waals surface area contributed by atoms with E-state index in [2.05, 4.69) is 26.6 Å². The number of rotatable bonds is 10. The summed E-state index contributed by atoms with van der Waals surface area (Å²) in [5.74, 6) is -3.18. The molecule has 6 rings (SSSR count). The van der Waals surface area contributed by atoms with Crippen LogP contribution >= 0.6 is 0 Å². The van der Waals surface area contributed by atoms with Crippen LogP contribution in [0.3, 0.4) is 0 Å². The summed E-state index contributed by atoms with van der Waals surface area (Å²) in [6, 6.07) is 8.45. The Balaban J connectivity index is 1.25. The van der Waals surface area contributed by atoms with Crippen LogP contribution in [-0.4, -0.2) is 115 Å². The lowest BCUT2D eigenvalue weighted by Crippen LogP contribution is -2.55. The van der Waals surface area contributed by atoms with Crippen LogP contribution in [-0.2, 0) is 21.0 Å².